The molecule has 3 rings (SSSR count). The molecule has 0 saturated heterocycles. The molecule has 0 radical (unpaired) electrons. The number of aryl methyl sites for hydroxylation is 1. The number of carboxylic acid groups (broad SMARTS) is 1. The Balaban J connectivity index is 2.29. The molecule has 1 N–H and O–H groups in total. The van der Waals surface area contributed by atoms with E-state index in [1.54, 1.807) is 0 Å². The van der Waals surface area contributed by atoms with E-state index in [1.165, 1.54) is 12.4 Å². The van der Waals surface area contributed by atoms with Crippen LogP contribution in [0.4, 0.5) is 0 Å². The number of aromatic carboxylic acids is 1. The minimum atomic E-state index is -1.07. The highest BCUT2D eigenvalue weighted by Crippen LogP contribution is 2.28. The zero-order chi connectivity index (χ0) is 14.1. The highest BCUT2D eigenvalue weighted by atomic mass is 16.4. The highest BCUT2D eigenvalue weighted by molar-refractivity contribution is 5.95. The zero-order valence-corrected chi connectivity index (χ0v) is 10.9. The molecule has 0 unspecified atom stereocenters. The van der Waals surface area contributed by atoms with Gasteiger partial charge >= 0.3 is 5.97 Å². The summed E-state index contributed by atoms with van der Waals surface area (Å²) in [4.78, 5) is 19.4. The van der Waals surface area contributed by atoms with E-state index in [0.717, 1.165) is 21.9 Å². The van der Waals surface area contributed by atoms with E-state index in [2.05, 4.69) is 9.97 Å². The van der Waals surface area contributed by atoms with E-state index in [9.17, 15) is 9.90 Å². The number of hydrogen-bond acceptors (Lipinski definition) is 3. The first-order chi connectivity index (χ1) is 9.66. The lowest BCUT2D eigenvalue weighted by Crippen LogP contribution is -2.05. The predicted molar refractivity (Wildman–Crippen MR) is 76.7 cm³/mol. The van der Waals surface area contributed by atoms with Gasteiger partial charge in [-0.3, -0.25) is 4.98 Å². The van der Waals surface area contributed by atoms with Crippen molar-refractivity contribution < 1.29 is 9.90 Å². The van der Waals surface area contributed by atoms with Gasteiger partial charge in [0.15, 0.2) is 5.69 Å². The molecule has 4 heteroatoms. The topological polar surface area (TPSA) is 63.1 Å². The third-order valence-corrected chi connectivity index (χ3v) is 3.25. The van der Waals surface area contributed by atoms with Gasteiger partial charge in [-0.15, -0.1) is 0 Å². The van der Waals surface area contributed by atoms with Gasteiger partial charge in [-0.05, 0) is 29.3 Å². The first-order valence-corrected chi connectivity index (χ1v) is 6.21. The largest absolute Gasteiger partial charge is 0.476 e. The van der Waals surface area contributed by atoms with Crippen molar-refractivity contribution in [2.75, 3.05) is 0 Å². The van der Waals surface area contributed by atoms with Crippen LogP contribution in [0.25, 0.3) is 22.0 Å². The summed E-state index contributed by atoms with van der Waals surface area (Å²) in [5.41, 5.74) is 2.16. The molecule has 98 valence electrons. The fourth-order valence-corrected chi connectivity index (χ4v) is 2.30. The van der Waals surface area contributed by atoms with Crippen molar-refractivity contribution in [2.24, 2.45) is 0 Å². The van der Waals surface area contributed by atoms with Gasteiger partial charge in [-0.25, -0.2) is 9.78 Å². The van der Waals surface area contributed by atoms with Crippen LogP contribution in [0, 0.1) is 6.92 Å². The standard InChI is InChI=1S/C16H12N2O2/c1-10-8-11-4-2-3-5-12(11)9-13(10)14-15(16(19)20)18-7-6-17-14/h2-9H,1H3,(H,19,20). The molecular weight excluding hydrogens is 252 g/mol. The normalized spacial score (nSPS) is 10.7. The van der Waals surface area contributed by atoms with Gasteiger partial charge in [-0.2, -0.15) is 0 Å². The Morgan fingerprint density at radius 2 is 1.70 bits per heavy atom. The zero-order valence-electron chi connectivity index (χ0n) is 10.9. The lowest BCUT2D eigenvalue weighted by atomic mass is 9.98. The van der Waals surface area contributed by atoms with E-state index < -0.39 is 5.97 Å². The summed E-state index contributed by atoms with van der Waals surface area (Å²) in [5, 5.41) is 11.4. The van der Waals surface area contributed by atoms with Crippen molar-refractivity contribution in [3.05, 3.63) is 60.0 Å². The number of hydrogen-bond donors (Lipinski definition) is 1. The molecule has 0 atom stereocenters. The van der Waals surface area contributed by atoms with Crippen LogP contribution in [0.2, 0.25) is 0 Å². The molecule has 4 nitrogen and oxygen atoms in total. The second kappa shape index (κ2) is 4.74. The Kier molecular flexibility index (Phi) is 2.91. The summed E-state index contributed by atoms with van der Waals surface area (Å²) >= 11 is 0. The van der Waals surface area contributed by atoms with E-state index in [-0.39, 0.29) is 5.69 Å². The molecule has 0 amide bonds. The van der Waals surface area contributed by atoms with Gasteiger partial charge < -0.3 is 5.11 Å². The Morgan fingerprint density at radius 1 is 1.05 bits per heavy atom. The number of benzene rings is 2. The van der Waals surface area contributed by atoms with Crippen molar-refractivity contribution >= 4 is 16.7 Å². The maximum absolute atomic E-state index is 11.3. The summed E-state index contributed by atoms with van der Waals surface area (Å²) in [7, 11) is 0. The molecule has 2 aromatic carbocycles. The Hall–Kier alpha value is -2.75. The molecule has 0 aliphatic heterocycles. The molecule has 1 aromatic heterocycles. The van der Waals surface area contributed by atoms with Crippen LogP contribution >= 0.6 is 0 Å². The average Bonchev–Trinajstić information content (AvgIpc) is 2.46. The first kappa shape index (κ1) is 12.3. The maximum Gasteiger partial charge on any atom is 0.356 e. The van der Waals surface area contributed by atoms with Gasteiger partial charge in [0.1, 0.15) is 5.69 Å². The van der Waals surface area contributed by atoms with Crippen LogP contribution < -0.4 is 0 Å². The molecule has 3 aromatic rings. The summed E-state index contributed by atoms with van der Waals surface area (Å²) in [6.45, 7) is 1.95. The summed E-state index contributed by atoms with van der Waals surface area (Å²) in [5.74, 6) is -1.07. The number of rotatable bonds is 2. The molecule has 0 aliphatic rings. The average molecular weight is 264 g/mol. The molecule has 0 aliphatic carbocycles. The monoisotopic (exact) mass is 264 g/mol. The summed E-state index contributed by atoms with van der Waals surface area (Å²) in [6.07, 6.45) is 2.90. The molecule has 0 fully saturated rings. The third-order valence-electron chi connectivity index (χ3n) is 3.25. The number of nitrogens with zero attached hydrogens (tertiary/aromatic N) is 2. The van der Waals surface area contributed by atoms with Crippen LogP contribution in [-0.2, 0) is 0 Å². The van der Waals surface area contributed by atoms with Crippen molar-refractivity contribution in [3.63, 3.8) is 0 Å². The Morgan fingerprint density at radius 3 is 2.40 bits per heavy atom. The van der Waals surface area contributed by atoms with Crippen LogP contribution in [0.15, 0.2) is 48.8 Å². The number of fused-ring (bicyclic) bond motifs is 1. The van der Waals surface area contributed by atoms with Crippen LogP contribution in [0.1, 0.15) is 16.1 Å². The van der Waals surface area contributed by atoms with Gasteiger partial charge in [0.2, 0.25) is 0 Å². The maximum atomic E-state index is 11.3. The van der Waals surface area contributed by atoms with Gasteiger partial charge in [-0.1, -0.05) is 30.3 Å². The molecule has 1 heterocycles. The SMILES string of the molecule is Cc1cc2ccccc2cc1-c1nccnc1C(=O)O. The van der Waals surface area contributed by atoms with Gasteiger partial charge in [0.05, 0.1) is 0 Å². The third kappa shape index (κ3) is 2.01. The molecule has 0 saturated carbocycles. The first-order valence-electron chi connectivity index (χ1n) is 6.21. The number of carboxylic acids is 1. The molecule has 0 bridgehead atoms. The summed E-state index contributed by atoms with van der Waals surface area (Å²) < 4.78 is 0. The van der Waals surface area contributed by atoms with Crippen LogP contribution in [0.3, 0.4) is 0 Å². The quantitative estimate of drug-likeness (QED) is 0.771. The van der Waals surface area contributed by atoms with Gasteiger partial charge in [0, 0.05) is 18.0 Å². The number of aromatic nitrogens is 2. The van der Waals surface area contributed by atoms with E-state index >= 15 is 0 Å². The predicted octanol–water partition coefficient (Wildman–Crippen LogP) is 3.30. The van der Waals surface area contributed by atoms with Crippen LogP contribution in [-0.4, -0.2) is 21.0 Å². The second-order valence-corrected chi connectivity index (χ2v) is 4.57. The molecule has 0 spiro atoms. The van der Waals surface area contributed by atoms with Crippen molar-refractivity contribution in [1.82, 2.24) is 9.97 Å². The minimum absolute atomic E-state index is 0.0223. The van der Waals surface area contributed by atoms with E-state index in [0.29, 0.717) is 5.69 Å². The fourth-order valence-electron chi connectivity index (χ4n) is 2.30. The molecular formula is C16H12N2O2. The summed E-state index contributed by atoms with van der Waals surface area (Å²) in [6, 6.07) is 11.9. The smallest absolute Gasteiger partial charge is 0.356 e. The Bertz CT molecular complexity index is 812. The van der Waals surface area contributed by atoms with Crippen molar-refractivity contribution in [1.29, 1.82) is 0 Å². The van der Waals surface area contributed by atoms with Crippen LogP contribution in [0.5, 0.6) is 0 Å². The van der Waals surface area contributed by atoms with Crippen molar-refractivity contribution in [3.8, 4) is 11.3 Å². The minimum Gasteiger partial charge on any atom is -0.476 e. The lowest BCUT2D eigenvalue weighted by molar-refractivity contribution is 0.0691. The Labute approximate surface area is 115 Å². The van der Waals surface area contributed by atoms with E-state index in [4.69, 9.17) is 0 Å². The van der Waals surface area contributed by atoms with Gasteiger partial charge in [0.25, 0.3) is 0 Å². The highest BCUT2D eigenvalue weighted by Gasteiger charge is 2.16. The fraction of sp³-hybridized carbons (Fsp3) is 0.0625. The number of carbonyl (C=O) groups is 1. The molecule has 20 heavy (non-hydrogen) atoms. The lowest BCUT2D eigenvalue weighted by Gasteiger charge is -2.09. The van der Waals surface area contributed by atoms with Crippen molar-refractivity contribution in [2.45, 2.75) is 6.92 Å². The van der Waals surface area contributed by atoms with E-state index in [1.807, 2.05) is 43.3 Å². The second-order valence-electron chi connectivity index (χ2n) is 4.57.